The predicted octanol–water partition coefficient (Wildman–Crippen LogP) is 11.3. The van der Waals surface area contributed by atoms with E-state index in [0.717, 1.165) is 16.7 Å². The van der Waals surface area contributed by atoms with Gasteiger partial charge in [0.05, 0.1) is 0 Å². The van der Waals surface area contributed by atoms with Crippen LogP contribution in [0.5, 0.6) is 0 Å². The monoisotopic (exact) mass is 744 g/mol. The standard InChI is InChI=1S/C21H15Cl6S.6FH.Sb/c22-16-4-1-5-17(23)13(16)10-28(11-14-18(24)6-2-7-19(14)25)12-15-20(26)8-3-9-21(15)27;;;;;;;/h1-9H,10-12H2;6*1H;/q+1;;;;;;;+5/p-6. The number of benzene rings is 3. The van der Waals surface area contributed by atoms with Gasteiger partial charge in [-0.05, 0) is 36.4 Å². The first-order chi connectivity index (χ1) is 15.8. The molecule has 0 aromatic heterocycles. The Labute approximate surface area is 233 Å². The predicted molar refractivity (Wildman–Crippen MR) is 140 cm³/mol. The van der Waals surface area contributed by atoms with E-state index >= 15 is 0 Å². The molecule has 0 aliphatic carbocycles. The first-order valence-electron chi connectivity index (χ1n) is 9.31. The molecule has 0 saturated carbocycles. The zero-order valence-electron chi connectivity index (χ0n) is 17.2. The van der Waals surface area contributed by atoms with Gasteiger partial charge >= 0.3 is 36.4 Å². The summed E-state index contributed by atoms with van der Waals surface area (Å²) in [5.74, 6) is 2.00. The third-order valence-corrected chi connectivity index (χ3v) is 8.45. The van der Waals surface area contributed by atoms with Crippen LogP contribution in [-0.4, -0.2) is 19.5 Å². The second-order valence-electron chi connectivity index (χ2n) is 7.10. The van der Waals surface area contributed by atoms with E-state index in [9.17, 15) is 16.9 Å². The van der Waals surface area contributed by atoms with Crippen LogP contribution >= 0.6 is 69.6 Å². The van der Waals surface area contributed by atoms with E-state index in [4.69, 9.17) is 69.6 Å². The summed E-state index contributed by atoms with van der Waals surface area (Å²) in [6.07, 6.45) is 0. The number of hydrogen-bond donors (Lipinski definition) is 0. The zero-order valence-corrected chi connectivity index (χ0v) is 25.1. The molecule has 0 aliphatic rings. The molecule has 0 nitrogen and oxygen atoms in total. The van der Waals surface area contributed by atoms with Gasteiger partial charge in [-0.15, -0.1) is 0 Å². The summed E-state index contributed by atoms with van der Waals surface area (Å²) in [5.41, 5.74) is 2.71. The summed E-state index contributed by atoms with van der Waals surface area (Å²) in [7, 11) is -0.246. The molecule has 3 rings (SSSR count). The Morgan fingerprint density at radius 1 is 0.457 bits per heavy atom. The maximum absolute atomic E-state index is 11.2. The molecule has 0 fully saturated rings. The second kappa shape index (κ2) is 11.5. The normalized spacial score (nSPS) is 13.6. The molecule has 0 saturated heterocycles. The van der Waals surface area contributed by atoms with Crippen molar-refractivity contribution in [1.82, 2.24) is 0 Å². The van der Waals surface area contributed by atoms with Gasteiger partial charge in [0.25, 0.3) is 0 Å². The molecule has 194 valence electrons. The van der Waals surface area contributed by atoms with E-state index in [1.165, 1.54) is 0 Å². The van der Waals surface area contributed by atoms with Crippen molar-refractivity contribution in [3.8, 4) is 0 Å². The van der Waals surface area contributed by atoms with Crippen molar-refractivity contribution in [3.05, 3.63) is 101 Å². The maximum atomic E-state index is 9.93. The summed E-state index contributed by atoms with van der Waals surface area (Å²) < 4.78 is 59.6. The van der Waals surface area contributed by atoms with E-state index in [2.05, 4.69) is 0 Å². The summed E-state index contributed by atoms with van der Waals surface area (Å²) in [5, 5.41) is 3.84. The fraction of sp³-hybridized carbons (Fsp3) is 0.143. The van der Waals surface area contributed by atoms with Crippen LogP contribution in [0.4, 0.5) is 16.9 Å². The average Bonchev–Trinajstić information content (AvgIpc) is 2.68. The molecule has 0 amide bonds. The molecule has 0 N–H and O–H groups in total. The molecular weight excluding hydrogens is 733 g/mol. The van der Waals surface area contributed by atoms with Crippen LogP contribution in [-0.2, 0) is 28.2 Å². The van der Waals surface area contributed by atoms with Crippen molar-refractivity contribution in [1.29, 1.82) is 0 Å². The van der Waals surface area contributed by atoms with Crippen LogP contribution in [0.1, 0.15) is 16.7 Å². The third kappa shape index (κ3) is 12.0. The molecule has 0 spiro atoms. The molecule has 0 aliphatic heterocycles. The topological polar surface area (TPSA) is 0 Å². The van der Waals surface area contributed by atoms with Gasteiger partial charge in [0.15, 0.2) is 0 Å². The van der Waals surface area contributed by atoms with Gasteiger partial charge in [-0.25, -0.2) is 0 Å². The van der Waals surface area contributed by atoms with E-state index in [1.807, 2.05) is 54.6 Å². The van der Waals surface area contributed by atoms with Crippen molar-refractivity contribution in [2.24, 2.45) is 0 Å². The van der Waals surface area contributed by atoms with E-state index in [-0.39, 0.29) is 10.9 Å². The van der Waals surface area contributed by atoms with Crippen LogP contribution in [0.3, 0.4) is 0 Å². The van der Waals surface area contributed by atoms with Crippen molar-refractivity contribution in [2.45, 2.75) is 17.3 Å². The SMILES string of the molecule is Clc1cccc(Cl)c1C[S+](Cc1c(Cl)cccc1Cl)Cc1c(Cl)cccc1Cl.[F][Sb-]([F])([F])([F])([F])[F]. The second-order valence-corrected chi connectivity index (χ2v) is 17.1. The van der Waals surface area contributed by atoms with Gasteiger partial charge in [0.2, 0.25) is 0 Å². The van der Waals surface area contributed by atoms with Crippen molar-refractivity contribution in [2.75, 3.05) is 0 Å². The Morgan fingerprint density at radius 3 is 0.800 bits per heavy atom. The summed E-state index contributed by atoms with van der Waals surface area (Å²) in [4.78, 5) is 0. The molecule has 0 atom stereocenters. The number of hydrogen-bond acceptors (Lipinski definition) is 0. The fourth-order valence-electron chi connectivity index (χ4n) is 2.78. The van der Waals surface area contributed by atoms with E-state index in [1.54, 1.807) is 0 Å². The molecule has 0 radical (unpaired) electrons. The molecule has 0 bridgehead atoms. The first kappa shape index (κ1) is 31.4. The summed E-state index contributed by atoms with van der Waals surface area (Å²) in [6.45, 7) is 0. The average molecular weight is 748 g/mol. The van der Waals surface area contributed by atoms with Crippen LogP contribution in [0.15, 0.2) is 54.6 Å². The van der Waals surface area contributed by atoms with Gasteiger partial charge in [-0.1, -0.05) is 87.8 Å². The van der Waals surface area contributed by atoms with Crippen LogP contribution in [0.25, 0.3) is 0 Å². The summed E-state index contributed by atoms with van der Waals surface area (Å²) >= 11 is 27.3. The molecule has 14 heteroatoms. The van der Waals surface area contributed by atoms with Gasteiger partial charge in [-0.2, -0.15) is 0 Å². The van der Waals surface area contributed by atoms with E-state index < -0.39 is 19.5 Å². The van der Waals surface area contributed by atoms with Crippen LogP contribution in [0.2, 0.25) is 30.1 Å². The molecule has 3 aromatic rings. The molecule has 3 aromatic carbocycles. The quantitative estimate of drug-likeness (QED) is 0.134. The fourth-order valence-corrected chi connectivity index (χ4v) is 7.31. The third-order valence-electron chi connectivity index (χ3n) is 4.23. The van der Waals surface area contributed by atoms with Crippen molar-refractivity contribution >= 4 is 100.0 Å². The Balaban J connectivity index is 0.000000540. The van der Waals surface area contributed by atoms with E-state index in [0.29, 0.717) is 47.4 Å². The molecule has 0 unspecified atom stereocenters. The van der Waals surface area contributed by atoms with Crippen LogP contribution < -0.4 is 0 Å². The Bertz CT molecular complexity index is 1010. The molecular formula is C21H15Cl6F6SSb. The molecule has 35 heavy (non-hydrogen) atoms. The summed E-state index contributed by atoms with van der Waals surface area (Å²) in [6, 6.07) is 16.6. The Kier molecular flexibility index (Phi) is 10.3. The van der Waals surface area contributed by atoms with Gasteiger partial charge < -0.3 is 0 Å². The molecule has 0 heterocycles. The Morgan fingerprint density at radius 2 is 0.629 bits per heavy atom. The first-order valence-corrected chi connectivity index (χ1v) is 19.1. The van der Waals surface area contributed by atoms with Crippen molar-refractivity contribution < 1.29 is 16.9 Å². The van der Waals surface area contributed by atoms with Gasteiger partial charge in [-0.3, -0.25) is 0 Å². The van der Waals surface area contributed by atoms with Gasteiger partial charge in [0.1, 0.15) is 17.3 Å². The van der Waals surface area contributed by atoms with Crippen LogP contribution in [0, 0.1) is 0 Å². The van der Waals surface area contributed by atoms with Crippen molar-refractivity contribution in [3.63, 3.8) is 0 Å². The number of rotatable bonds is 6. The van der Waals surface area contributed by atoms with Gasteiger partial charge in [0, 0.05) is 57.7 Å². The minimum atomic E-state index is -11.2. The Hall–Kier alpha value is 0.148. The number of halogens is 12. The minimum absolute atomic E-state index is 0.246. The zero-order chi connectivity index (χ0) is 26.7.